The van der Waals surface area contributed by atoms with Gasteiger partial charge in [-0.1, -0.05) is 24.3 Å². The Morgan fingerprint density at radius 1 is 0.952 bits per heavy atom. The van der Waals surface area contributed by atoms with E-state index in [1.165, 1.54) is 18.2 Å². The minimum atomic E-state index is -0.730. The third-order valence-corrected chi connectivity index (χ3v) is 3.10. The number of fused-ring (bicyclic) bond motifs is 1. The summed E-state index contributed by atoms with van der Waals surface area (Å²) in [6.07, 6.45) is 0. The Hall–Kier alpha value is -3.22. The number of imide groups is 1. The van der Waals surface area contributed by atoms with Gasteiger partial charge in [0.2, 0.25) is 0 Å². The zero-order valence-corrected chi connectivity index (χ0v) is 10.6. The van der Waals surface area contributed by atoms with Gasteiger partial charge in [0.05, 0.1) is 16.2 Å². The molecule has 7 heteroatoms. The predicted octanol–water partition coefficient (Wildman–Crippen LogP) is 2.22. The van der Waals surface area contributed by atoms with Crippen LogP contribution in [0.1, 0.15) is 20.7 Å². The standard InChI is InChI=1S/C14H9N3O4/c18-13-10-7-4-8-11(17(20)21)12(10)14(19)16(13)15-9-5-2-1-3-6-9/h1-8,15H. The fourth-order valence-electron chi connectivity index (χ4n) is 2.16. The summed E-state index contributed by atoms with van der Waals surface area (Å²) in [6, 6.07) is 12.6. The monoisotopic (exact) mass is 283 g/mol. The van der Waals surface area contributed by atoms with E-state index in [4.69, 9.17) is 0 Å². The Labute approximate surface area is 118 Å². The van der Waals surface area contributed by atoms with Crippen LogP contribution in [0.2, 0.25) is 0 Å². The van der Waals surface area contributed by atoms with Gasteiger partial charge in [0.15, 0.2) is 0 Å². The van der Waals surface area contributed by atoms with Gasteiger partial charge in [-0.3, -0.25) is 25.1 Å². The van der Waals surface area contributed by atoms with E-state index >= 15 is 0 Å². The highest BCUT2D eigenvalue weighted by molar-refractivity contribution is 6.23. The second kappa shape index (κ2) is 4.71. The lowest BCUT2D eigenvalue weighted by atomic mass is 10.1. The third kappa shape index (κ3) is 2.00. The van der Waals surface area contributed by atoms with Crippen molar-refractivity contribution < 1.29 is 14.5 Å². The van der Waals surface area contributed by atoms with E-state index in [1.807, 2.05) is 0 Å². The van der Waals surface area contributed by atoms with E-state index in [2.05, 4.69) is 5.43 Å². The van der Waals surface area contributed by atoms with Crippen molar-refractivity contribution in [3.8, 4) is 0 Å². The summed E-state index contributed by atoms with van der Waals surface area (Å²) < 4.78 is 0. The number of nitrogens with one attached hydrogen (secondary N) is 1. The van der Waals surface area contributed by atoms with E-state index in [1.54, 1.807) is 30.3 Å². The van der Waals surface area contributed by atoms with Gasteiger partial charge in [-0.15, -0.1) is 0 Å². The summed E-state index contributed by atoms with van der Waals surface area (Å²) in [7, 11) is 0. The largest absolute Gasteiger partial charge is 0.288 e. The second-order valence-corrected chi connectivity index (χ2v) is 4.38. The van der Waals surface area contributed by atoms with Crippen LogP contribution in [0.15, 0.2) is 48.5 Å². The van der Waals surface area contributed by atoms with Crippen molar-refractivity contribution in [1.82, 2.24) is 5.01 Å². The molecule has 0 bridgehead atoms. The van der Waals surface area contributed by atoms with Crippen molar-refractivity contribution in [3.05, 3.63) is 69.8 Å². The number of benzene rings is 2. The average molecular weight is 283 g/mol. The van der Waals surface area contributed by atoms with Crippen LogP contribution in [0.5, 0.6) is 0 Å². The van der Waals surface area contributed by atoms with Gasteiger partial charge in [-0.05, 0) is 18.2 Å². The minimum absolute atomic E-state index is 0.0256. The molecule has 0 unspecified atom stereocenters. The number of rotatable bonds is 3. The van der Waals surface area contributed by atoms with Gasteiger partial charge < -0.3 is 0 Å². The number of hydrogen-bond donors (Lipinski definition) is 1. The molecule has 0 spiro atoms. The number of carbonyl (C=O) groups is 2. The van der Waals surface area contributed by atoms with E-state index in [0.717, 1.165) is 5.01 Å². The van der Waals surface area contributed by atoms with Crippen LogP contribution >= 0.6 is 0 Å². The molecule has 3 rings (SSSR count). The summed E-state index contributed by atoms with van der Waals surface area (Å²) >= 11 is 0. The molecule has 21 heavy (non-hydrogen) atoms. The van der Waals surface area contributed by atoms with Gasteiger partial charge in [0, 0.05) is 6.07 Å². The first-order valence-corrected chi connectivity index (χ1v) is 6.07. The maximum atomic E-state index is 12.3. The summed E-state index contributed by atoms with van der Waals surface area (Å²) in [4.78, 5) is 34.8. The van der Waals surface area contributed by atoms with Crippen molar-refractivity contribution >= 4 is 23.2 Å². The molecule has 1 N–H and O–H groups in total. The van der Waals surface area contributed by atoms with E-state index in [-0.39, 0.29) is 16.8 Å². The number of nitro groups is 1. The lowest BCUT2D eigenvalue weighted by molar-refractivity contribution is -0.385. The van der Waals surface area contributed by atoms with Gasteiger partial charge in [0.25, 0.3) is 17.5 Å². The highest BCUT2D eigenvalue weighted by atomic mass is 16.6. The van der Waals surface area contributed by atoms with Crippen LogP contribution in [0.4, 0.5) is 11.4 Å². The first-order chi connectivity index (χ1) is 10.1. The fraction of sp³-hybridized carbons (Fsp3) is 0. The van der Waals surface area contributed by atoms with Gasteiger partial charge in [-0.25, -0.2) is 0 Å². The van der Waals surface area contributed by atoms with E-state index in [0.29, 0.717) is 5.69 Å². The lowest BCUT2D eigenvalue weighted by Crippen LogP contribution is -2.35. The smallest absolute Gasteiger partial charge is 0.287 e. The maximum Gasteiger partial charge on any atom is 0.287 e. The lowest BCUT2D eigenvalue weighted by Gasteiger charge is -2.15. The highest BCUT2D eigenvalue weighted by Gasteiger charge is 2.41. The Morgan fingerprint density at radius 3 is 2.33 bits per heavy atom. The zero-order chi connectivity index (χ0) is 15.0. The molecule has 0 atom stereocenters. The van der Waals surface area contributed by atoms with Crippen LogP contribution in [0.3, 0.4) is 0 Å². The van der Waals surface area contributed by atoms with Crippen LogP contribution in [-0.4, -0.2) is 21.7 Å². The SMILES string of the molecule is O=C1c2cccc([N+](=O)[O-])c2C(=O)N1Nc1ccccc1. The van der Waals surface area contributed by atoms with E-state index < -0.39 is 16.7 Å². The molecule has 1 heterocycles. The second-order valence-electron chi connectivity index (χ2n) is 4.38. The number of anilines is 1. The summed E-state index contributed by atoms with van der Waals surface area (Å²) in [5.74, 6) is -1.34. The number of hydrazine groups is 1. The third-order valence-electron chi connectivity index (χ3n) is 3.10. The molecule has 0 radical (unpaired) electrons. The molecule has 1 aliphatic heterocycles. The summed E-state index contributed by atoms with van der Waals surface area (Å²) in [6.45, 7) is 0. The number of nitrogens with zero attached hydrogens (tertiary/aromatic N) is 2. The number of carbonyl (C=O) groups excluding carboxylic acids is 2. The first kappa shape index (κ1) is 12.8. The molecular formula is C14H9N3O4. The minimum Gasteiger partial charge on any atom is -0.288 e. The van der Waals surface area contributed by atoms with Crippen molar-refractivity contribution in [3.63, 3.8) is 0 Å². The van der Waals surface area contributed by atoms with Crippen LogP contribution in [0.25, 0.3) is 0 Å². The average Bonchev–Trinajstić information content (AvgIpc) is 2.73. The van der Waals surface area contributed by atoms with Crippen molar-refractivity contribution in [2.45, 2.75) is 0 Å². The summed E-state index contributed by atoms with van der Waals surface area (Å²) in [5.41, 5.74) is 2.67. The molecule has 104 valence electrons. The Kier molecular flexibility index (Phi) is 2.87. The molecule has 2 aromatic rings. The van der Waals surface area contributed by atoms with Crippen molar-refractivity contribution in [1.29, 1.82) is 0 Å². The fourth-order valence-corrected chi connectivity index (χ4v) is 2.16. The van der Waals surface area contributed by atoms with Gasteiger partial charge >= 0.3 is 0 Å². The number of nitro benzene ring substituents is 1. The number of para-hydroxylation sites is 1. The molecular weight excluding hydrogens is 274 g/mol. The van der Waals surface area contributed by atoms with Crippen molar-refractivity contribution in [2.75, 3.05) is 5.43 Å². The molecule has 1 aliphatic rings. The van der Waals surface area contributed by atoms with Crippen LogP contribution in [-0.2, 0) is 0 Å². The normalized spacial score (nSPS) is 13.2. The molecule has 0 aliphatic carbocycles. The van der Waals surface area contributed by atoms with E-state index in [9.17, 15) is 19.7 Å². The molecule has 0 saturated carbocycles. The van der Waals surface area contributed by atoms with Gasteiger partial charge in [-0.2, -0.15) is 5.01 Å². The Morgan fingerprint density at radius 2 is 1.67 bits per heavy atom. The van der Waals surface area contributed by atoms with Crippen LogP contribution < -0.4 is 5.43 Å². The molecule has 0 fully saturated rings. The number of hydrogen-bond acceptors (Lipinski definition) is 5. The quantitative estimate of drug-likeness (QED) is 0.529. The topological polar surface area (TPSA) is 92.5 Å². The highest BCUT2D eigenvalue weighted by Crippen LogP contribution is 2.30. The maximum absolute atomic E-state index is 12.3. The molecule has 2 amide bonds. The molecule has 2 aromatic carbocycles. The van der Waals surface area contributed by atoms with Crippen molar-refractivity contribution in [2.24, 2.45) is 0 Å². The number of amides is 2. The Balaban J connectivity index is 2.01. The molecule has 0 aromatic heterocycles. The van der Waals surface area contributed by atoms with Crippen LogP contribution in [0, 0.1) is 10.1 Å². The van der Waals surface area contributed by atoms with Gasteiger partial charge in [0.1, 0.15) is 5.56 Å². The Bertz CT molecular complexity index is 758. The zero-order valence-electron chi connectivity index (χ0n) is 10.6. The predicted molar refractivity (Wildman–Crippen MR) is 73.7 cm³/mol. The molecule has 7 nitrogen and oxygen atoms in total. The summed E-state index contributed by atoms with van der Waals surface area (Å²) in [5, 5.41) is 11.8. The first-order valence-electron chi connectivity index (χ1n) is 6.07. The molecule has 0 saturated heterocycles.